The summed E-state index contributed by atoms with van der Waals surface area (Å²) < 4.78 is 11.3. The number of ether oxygens (including phenoxy) is 1. The number of rotatable bonds is 8. The van der Waals surface area contributed by atoms with Crippen molar-refractivity contribution in [3.8, 4) is 0 Å². The molecule has 0 fully saturated rings. The molecule has 0 aliphatic rings. The second-order valence-corrected chi connectivity index (χ2v) is 9.86. The molecule has 0 aromatic heterocycles. The summed E-state index contributed by atoms with van der Waals surface area (Å²) >= 11 is 0. The van der Waals surface area contributed by atoms with E-state index in [2.05, 4.69) is 0 Å². The molecular weight excluding hydrogens is 383 g/mol. The van der Waals surface area contributed by atoms with Crippen LogP contribution in [0, 0.1) is 0 Å². The maximum absolute atomic E-state index is 12.9. The van der Waals surface area contributed by atoms with Crippen LogP contribution in [0.4, 0.5) is 0 Å². The zero-order valence-corrected chi connectivity index (χ0v) is 17.4. The summed E-state index contributed by atoms with van der Waals surface area (Å²) in [6.07, 6.45) is -0.00436. The van der Waals surface area contributed by atoms with E-state index in [9.17, 15) is 9.59 Å². The van der Waals surface area contributed by atoms with Gasteiger partial charge in [-0.3, -0.25) is 0 Å². The van der Waals surface area contributed by atoms with Crippen LogP contribution in [0.2, 0.25) is 0 Å². The molecule has 0 N–H and O–H groups in total. The first kappa shape index (κ1) is 20.8. The van der Waals surface area contributed by atoms with Crippen molar-refractivity contribution in [3.05, 3.63) is 91.0 Å². The Labute approximate surface area is 171 Å². The monoisotopic (exact) mass is 408 g/mol. The zero-order chi connectivity index (χ0) is 20.5. The molecule has 0 spiro atoms. The van der Waals surface area contributed by atoms with Gasteiger partial charge in [-0.25, -0.2) is 0 Å². The zero-order valence-electron chi connectivity index (χ0n) is 16.4. The van der Waals surface area contributed by atoms with Crippen molar-refractivity contribution in [1.82, 2.24) is 0 Å². The third kappa shape index (κ3) is 4.90. The van der Waals surface area contributed by atoms with Gasteiger partial charge in [-0.2, -0.15) is 0 Å². The van der Waals surface area contributed by atoms with Crippen LogP contribution < -0.4 is 15.9 Å². The standard InChI is InChI=1S/C24H25O4P/c1-2-27-23(25)18-19-24(26)28-29(20-12-6-3-7-13-20,21-14-8-4-9-15-21)22-16-10-5-11-17-22/h3-17,29H,2,18-19H2,1H3. The minimum absolute atomic E-state index is 0.00945. The molecule has 3 aromatic rings. The summed E-state index contributed by atoms with van der Waals surface area (Å²) in [7, 11) is -3.08. The molecular formula is C24H25O4P. The topological polar surface area (TPSA) is 52.6 Å². The van der Waals surface area contributed by atoms with Crippen LogP contribution in [0.3, 0.4) is 0 Å². The third-order valence-corrected chi connectivity index (χ3v) is 8.62. The molecule has 0 bridgehead atoms. The summed E-state index contributed by atoms with van der Waals surface area (Å²) in [5.41, 5.74) is 0. The number of hydrogen-bond donors (Lipinski definition) is 0. The molecule has 0 saturated carbocycles. The summed E-state index contributed by atoms with van der Waals surface area (Å²) in [6.45, 7) is 2.04. The molecule has 150 valence electrons. The van der Waals surface area contributed by atoms with Gasteiger partial charge >= 0.3 is 172 Å². The van der Waals surface area contributed by atoms with Crippen LogP contribution in [0.15, 0.2) is 91.0 Å². The van der Waals surface area contributed by atoms with E-state index in [1.54, 1.807) is 6.92 Å². The molecule has 0 aliphatic carbocycles. The molecule has 3 rings (SSSR count). The Hall–Kier alpha value is -2.97. The second-order valence-electron chi connectivity index (χ2n) is 6.56. The Morgan fingerprint density at radius 3 is 1.41 bits per heavy atom. The van der Waals surface area contributed by atoms with Gasteiger partial charge in [0.25, 0.3) is 0 Å². The van der Waals surface area contributed by atoms with Crippen molar-refractivity contribution in [1.29, 1.82) is 0 Å². The van der Waals surface area contributed by atoms with Crippen LogP contribution in [0.5, 0.6) is 0 Å². The first-order valence-electron chi connectivity index (χ1n) is 9.71. The van der Waals surface area contributed by atoms with E-state index in [-0.39, 0.29) is 12.8 Å². The quantitative estimate of drug-likeness (QED) is 0.423. The molecule has 3 aromatic carbocycles. The van der Waals surface area contributed by atoms with Crippen molar-refractivity contribution in [2.75, 3.05) is 6.61 Å². The van der Waals surface area contributed by atoms with Crippen molar-refractivity contribution >= 4 is 35.3 Å². The Morgan fingerprint density at radius 2 is 1.03 bits per heavy atom. The maximum atomic E-state index is 12.9. The average molecular weight is 408 g/mol. The molecule has 0 radical (unpaired) electrons. The SMILES string of the molecule is CCOC(=O)CCC(=O)O[PH](c1ccccc1)(c1ccccc1)c1ccccc1. The van der Waals surface area contributed by atoms with Crippen LogP contribution in [0.1, 0.15) is 19.8 Å². The fourth-order valence-corrected chi connectivity index (χ4v) is 7.14. The third-order valence-electron chi connectivity index (χ3n) is 4.65. The van der Waals surface area contributed by atoms with E-state index in [0.717, 1.165) is 15.9 Å². The second kappa shape index (κ2) is 9.99. The Morgan fingerprint density at radius 1 is 0.655 bits per heavy atom. The van der Waals surface area contributed by atoms with E-state index in [0.29, 0.717) is 6.61 Å². The predicted octanol–water partition coefficient (Wildman–Crippen LogP) is 3.51. The Bertz CT molecular complexity index is 830. The molecule has 0 heterocycles. The van der Waals surface area contributed by atoms with E-state index < -0.39 is 19.4 Å². The normalized spacial score (nSPS) is 11.5. The van der Waals surface area contributed by atoms with Gasteiger partial charge < -0.3 is 0 Å². The molecule has 29 heavy (non-hydrogen) atoms. The molecule has 5 heteroatoms. The Balaban J connectivity index is 2.05. The molecule has 0 atom stereocenters. The summed E-state index contributed by atoms with van der Waals surface area (Å²) in [5.74, 6) is -0.794. The number of carbonyl (C=O) groups excluding carboxylic acids is 2. The fourth-order valence-electron chi connectivity index (χ4n) is 3.35. The van der Waals surface area contributed by atoms with E-state index in [1.807, 2.05) is 91.0 Å². The van der Waals surface area contributed by atoms with E-state index >= 15 is 0 Å². The summed E-state index contributed by atoms with van der Waals surface area (Å²) in [5, 5.41) is 2.92. The Kier molecular flexibility index (Phi) is 7.15. The average Bonchev–Trinajstić information content (AvgIpc) is 2.78. The number of hydrogen-bond acceptors (Lipinski definition) is 4. The molecule has 0 unspecified atom stereocenters. The molecule has 0 amide bonds. The number of benzene rings is 3. The van der Waals surface area contributed by atoms with Gasteiger partial charge in [-0.1, -0.05) is 0 Å². The summed E-state index contributed by atoms with van der Waals surface area (Å²) in [4.78, 5) is 24.6. The van der Waals surface area contributed by atoms with Gasteiger partial charge in [0.15, 0.2) is 0 Å². The molecule has 0 aliphatic heterocycles. The van der Waals surface area contributed by atoms with Gasteiger partial charge in [0.1, 0.15) is 0 Å². The van der Waals surface area contributed by atoms with E-state index in [1.165, 1.54) is 0 Å². The van der Waals surface area contributed by atoms with Crippen LogP contribution >= 0.6 is 7.49 Å². The van der Waals surface area contributed by atoms with Crippen LogP contribution in [-0.4, -0.2) is 18.5 Å². The molecule has 0 saturated heterocycles. The van der Waals surface area contributed by atoms with Gasteiger partial charge in [-0.05, 0) is 0 Å². The van der Waals surface area contributed by atoms with Crippen molar-refractivity contribution in [3.63, 3.8) is 0 Å². The van der Waals surface area contributed by atoms with Gasteiger partial charge in [-0.15, -0.1) is 0 Å². The minimum atomic E-state index is -3.08. The number of carbonyl (C=O) groups is 2. The van der Waals surface area contributed by atoms with Crippen molar-refractivity contribution < 1.29 is 18.8 Å². The first-order chi connectivity index (χ1) is 14.2. The predicted molar refractivity (Wildman–Crippen MR) is 119 cm³/mol. The first-order valence-corrected chi connectivity index (χ1v) is 11.6. The number of esters is 1. The van der Waals surface area contributed by atoms with Gasteiger partial charge in [0.05, 0.1) is 0 Å². The van der Waals surface area contributed by atoms with Gasteiger partial charge in [0.2, 0.25) is 0 Å². The molecule has 4 nitrogen and oxygen atoms in total. The van der Waals surface area contributed by atoms with Gasteiger partial charge in [0, 0.05) is 0 Å². The summed E-state index contributed by atoms with van der Waals surface area (Å²) in [6, 6.07) is 29.6. The fraction of sp³-hybridized carbons (Fsp3) is 0.167. The van der Waals surface area contributed by atoms with Crippen molar-refractivity contribution in [2.24, 2.45) is 0 Å². The van der Waals surface area contributed by atoms with E-state index in [4.69, 9.17) is 9.26 Å². The van der Waals surface area contributed by atoms with Crippen molar-refractivity contribution in [2.45, 2.75) is 19.8 Å². The van der Waals surface area contributed by atoms with Crippen LogP contribution in [0.25, 0.3) is 0 Å². The van der Waals surface area contributed by atoms with Crippen LogP contribution in [-0.2, 0) is 18.8 Å².